The molecule has 29 heavy (non-hydrogen) atoms. The molecule has 156 valence electrons. The summed E-state index contributed by atoms with van der Waals surface area (Å²) in [4.78, 5) is 4.38. The van der Waals surface area contributed by atoms with Gasteiger partial charge in [0, 0.05) is 0 Å². The van der Waals surface area contributed by atoms with Crippen molar-refractivity contribution in [2.45, 2.75) is 23.7 Å². The zero-order valence-electron chi connectivity index (χ0n) is 15.1. The molecule has 1 aromatic heterocycles. The topological polar surface area (TPSA) is 68.3 Å². The van der Waals surface area contributed by atoms with Crippen molar-refractivity contribution in [3.05, 3.63) is 53.5 Å². The molecular weight excluding hydrogens is 445 g/mol. The Hall–Kier alpha value is -1.82. The minimum absolute atomic E-state index is 0.151. The Bertz CT molecular complexity index is 1030. The Morgan fingerprint density at radius 3 is 2.48 bits per heavy atom. The molecule has 11 heteroatoms. The van der Waals surface area contributed by atoms with E-state index in [0.717, 1.165) is 34.5 Å². The number of ether oxygens (including phenoxy) is 1. The van der Waals surface area contributed by atoms with Gasteiger partial charge < -0.3 is 4.74 Å². The van der Waals surface area contributed by atoms with Gasteiger partial charge in [-0.25, -0.2) is 18.1 Å². The van der Waals surface area contributed by atoms with E-state index in [1.165, 1.54) is 11.3 Å². The largest absolute Gasteiger partial charge is 0.573 e. The van der Waals surface area contributed by atoms with Gasteiger partial charge in [0.05, 0.1) is 21.2 Å². The summed E-state index contributed by atoms with van der Waals surface area (Å²) >= 11 is 2.99. The van der Waals surface area contributed by atoms with Crippen LogP contribution in [0, 0.1) is 0 Å². The summed E-state index contributed by atoms with van der Waals surface area (Å²) in [5.41, 5.74) is 0.787. The molecule has 0 aliphatic heterocycles. The number of sulfonamides is 1. The number of alkyl halides is 3. The van der Waals surface area contributed by atoms with Crippen LogP contribution in [0.25, 0.3) is 10.2 Å². The van der Waals surface area contributed by atoms with E-state index in [9.17, 15) is 21.6 Å². The van der Waals surface area contributed by atoms with Crippen LogP contribution >= 0.6 is 23.1 Å². The molecule has 3 rings (SSSR count). The molecule has 0 amide bonds. The lowest BCUT2D eigenvalue weighted by Gasteiger charge is -2.16. The number of fused-ring (bicyclic) bond motifs is 1. The predicted molar refractivity (Wildman–Crippen MR) is 109 cm³/mol. The Morgan fingerprint density at radius 2 is 1.86 bits per heavy atom. The van der Waals surface area contributed by atoms with Crippen LogP contribution in [0.1, 0.15) is 17.5 Å². The average molecular weight is 463 g/mol. The zero-order chi connectivity index (χ0) is 21.1. The second-order valence-electron chi connectivity index (χ2n) is 5.99. The third-order valence-corrected chi connectivity index (χ3v) is 7.17. The van der Waals surface area contributed by atoms with Gasteiger partial charge in [-0.2, -0.15) is 11.8 Å². The Balaban J connectivity index is 1.84. The zero-order valence-corrected chi connectivity index (χ0v) is 17.6. The van der Waals surface area contributed by atoms with Crippen LogP contribution in [0.2, 0.25) is 0 Å². The molecular formula is C18H17F3N2O3S3. The van der Waals surface area contributed by atoms with E-state index in [0.29, 0.717) is 17.2 Å². The fourth-order valence-corrected chi connectivity index (χ4v) is 5.42. The Morgan fingerprint density at radius 1 is 1.17 bits per heavy atom. The van der Waals surface area contributed by atoms with Crippen molar-refractivity contribution >= 4 is 43.3 Å². The van der Waals surface area contributed by atoms with Crippen molar-refractivity contribution in [3.8, 4) is 5.75 Å². The summed E-state index contributed by atoms with van der Waals surface area (Å²) in [6.45, 7) is 0. The lowest BCUT2D eigenvalue weighted by atomic mass is 10.2. The molecule has 0 unspecified atom stereocenters. The van der Waals surface area contributed by atoms with E-state index >= 15 is 0 Å². The molecule has 3 aromatic rings. The summed E-state index contributed by atoms with van der Waals surface area (Å²) < 4.78 is 69.8. The summed E-state index contributed by atoms with van der Waals surface area (Å²) in [6, 6.07) is 11.1. The Kier molecular flexibility index (Phi) is 6.72. The number of nitrogens with one attached hydrogen (secondary N) is 1. The number of hydrogen-bond donors (Lipinski definition) is 1. The number of thioether (sulfide) groups is 1. The monoisotopic (exact) mass is 462 g/mol. The molecule has 1 heterocycles. The lowest BCUT2D eigenvalue weighted by Crippen LogP contribution is -2.29. The van der Waals surface area contributed by atoms with E-state index in [1.54, 1.807) is 11.8 Å². The number of rotatable bonds is 8. The second-order valence-corrected chi connectivity index (χ2v) is 9.76. The molecule has 1 atom stereocenters. The molecule has 0 aliphatic rings. The van der Waals surface area contributed by atoms with E-state index in [-0.39, 0.29) is 4.90 Å². The van der Waals surface area contributed by atoms with Gasteiger partial charge in [-0.05, 0) is 54.8 Å². The van der Waals surface area contributed by atoms with Crippen molar-refractivity contribution in [1.82, 2.24) is 9.71 Å². The number of nitrogens with zero attached hydrogens (tertiary/aromatic N) is 1. The van der Waals surface area contributed by atoms with Crippen molar-refractivity contribution in [2.24, 2.45) is 0 Å². The van der Waals surface area contributed by atoms with Crippen LogP contribution in [0.3, 0.4) is 0 Å². The average Bonchev–Trinajstić information content (AvgIpc) is 3.08. The highest BCUT2D eigenvalue weighted by Gasteiger charge is 2.31. The SMILES string of the molecule is CSCC[C@@H](NS(=O)(=O)c1ccc(OC(F)(F)F)cc1)c1nc2ccccc2s1. The molecule has 0 fully saturated rings. The van der Waals surface area contributed by atoms with E-state index in [1.807, 2.05) is 30.5 Å². The summed E-state index contributed by atoms with van der Waals surface area (Å²) in [7, 11) is -3.97. The van der Waals surface area contributed by atoms with Gasteiger partial charge in [0.25, 0.3) is 0 Å². The van der Waals surface area contributed by atoms with Gasteiger partial charge in [0.1, 0.15) is 10.8 Å². The first-order valence-electron chi connectivity index (χ1n) is 8.40. The second kappa shape index (κ2) is 8.90. The highest BCUT2D eigenvalue weighted by Crippen LogP contribution is 2.30. The van der Waals surface area contributed by atoms with Crippen LogP contribution < -0.4 is 9.46 Å². The quantitative estimate of drug-likeness (QED) is 0.512. The molecule has 2 aromatic carbocycles. The van der Waals surface area contributed by atoms with E-state index in [4.69, 9.17) is 0 Å². The van der Waals surface area contributed by atoms with Crippen LogP contribution in [-0.4, -0.2) is 31.8 Å². The van der Waals surface area contributed by atoms with Gasteiger partial charge in [-0.15, -0.1) is 24.5 Å². The summed E-state index contributed by atoms with van der Waals surface area (Å²) in [5.74, 6) is 0.225. The van der Waals surface area contributed by atoms with Crippen molar-refractivity contribution in [3.63, 3.8) is 0 Å². The molecule has 0 spiro atoms. The van der Waals surface area contributed by atoms with Crippen molar-refractivity contribution in [1.29, 1.82) is 0 Å². The third kappa shape index (κ3) is 5.84. The van der Waals surface area contributed by atoms with Crippen LogP contribution in [-0.2, 0) is 10.0 Å². The molecule has 5 nitrogen and oxygen atoms in total. The fourth-order valence-electron chi connectivity index (χ4n) is 2.58. The molecule has 0 aliphatic carbocycles. The molecule has 0 saturated heterocycles. The maximum absolute atomic E-state index is 12.8. The van der Waals surface area contributed by atoms with Crippen molar-refractivity contribution in [2.75, 3.05) is 12.0 Å². The number of aromatic nitrogens is 1. The minimum atomic E-state index is -4.84. The van der Waals surface area contributed by atoms with E-state index in [2.05, 4.69) is 14.4 Å². The van der Waals surface area contributed by atoms with Gasteiger partial charge in [-0.3, -0.25) is 0 Å². The lowest BCUT2D eigenvalue weighted by molar-refractivity contribution is -0.274. The van der Waals surface area contributed by atoms with Gasteiger partial charge in [0.2, 0.25) is 10.0 Å². The Labute approximate surface area is 174 Å². The highest BCUT2D eigenvalue weighted by molar-refractivity contribution is 7.98. The molecule has 0 saturated carbocycles. The molecule has 0 radical (unpaired) electrons. The number of hydrogen-bond acceptors (Lipinski definition) is 6. The molecule has 0 bridgehead atoms. The predicted octanol–water partition coefficient (Wildman–Crippen LogP) is 4.97. The maximum Gasteiger partial charge on any atom is 0.573 e. The number of benzene rings is 2. The van der Waals surface area contributed by atoms with Gasteiger partial charge >= 0.3 is 6.36 Å². The van der Waals surface area contributed by atoms with Gasteiger partial charge in [-0.1, -0.05) is 12.1 Å². The van der Waals surface area contributed by atoms with Crippen LogP contribution in [0.15, 0.2) is 53.4 Å². The number of thiazole rings is 1. The number of para-hydroxylation sites is 1. The maximum atomic E-state index is 12.8. The van der Waals surface area contributed by atoms with Crippen LogP contribution in [0.4, 0.5) is 13.2 Å². The van der Waals surface area contributed by atoms with Gasteiger partial charge in [0.15, 0.2) is 0 Å². The summed E-state index contributed by atoms with van der Waals surface area (Å²) in [6.07, 6.45) is -2.40. The van der Waals surface area contributed by atoms with E-state index < -0.39 is 28.2 Å². The highest BCUT2D eigenvalue weighted by atomic mass is 32.2. The van der Waals surface area contributed by atoms with Crippen molar-refractivity contribution < 1.29 is 26.3 Å². The molecule has 1 N–H and O–H groups in total. The first-order valence-corrected chi connectivity index (χ1v) is 12.1. The fraction of sp³-hybridized carbons (Fsp3) is 0.278. The standard InChI is InChI=1S/C18H17F3N2O3S3/c1-27-11-10-15(17-22-14-4-2-3-5-16(14)28-17)23-29(24,25)13-8-6-12(7-9-13)26-18(19,20)21/h2-9,15,23H,10-11H2,1H3/t15-/m1/s1. The number of halogens is 3. The minimum Gasteiger partial charge on any atom is -0.406 e. The first kappa shape index (κ1) is 21.9. The smallest absolute Gasteiger partial charge is 0.406 e. The normalized spacial score (nSPS) is 13.5. The van der Waals surface area contributed by atoms with Crippen LogP contribution in [0.5, 0.6) is 5.75 Å². The summed E-state index contributed by atoms with van der Waals surface area (Å²) in [5, 5.41) is 0.640. The first-order chi connectivity index (χ1) is 13.7. The third-order valence-electron chi connectivity index (χ3n) is 3.88.